The number of halogens is 1. The van der Waals surface area contributed by atoms with Gasteiger partial charge >= 0.3 is 0 Å². The summed E-state index contributed by atoms with van der Waals surface area (Å²) in [5.74, 6) is 0. The average Bonchev–Trinajstić information content (AvgIpc) is 1.35. The fourth-order valence-corrected chi connectivity index (χ4v) is 0. The second-order valence-electron chi connectivity index (χ2n) is 1.50. The van der Waals surface area contributed by atoms with Gasteiger partial charge in [0, 0.05) is 0 Å². The van der Waals surface area contributed by atoms with E-state index in [2.05, 4.69) is 0 Å². The Morgan fingerprint density at radius 2 is 2.00 bits per heavy atom. The van der Waals surface area contributed by atoms with Crippen LogP contribution in [-0.4, -0.2) is 10.2 Å². The maximum absolute atomic E-state index is 8.59. The van der Waals surface area contributed by atoms with Crippen molar-refractivity contribution in [3.05, 3.63) is 0 Å². The van der Waals surface area contributed by atoms with E-state index in [0.29, 0.717) is 6.42 Å². The van der Waals surface area contributed by atoms with E-state index >= 15 is 0 Å². The molecule has 0 aliphatic rings. The van der Waals surface area contributed by atoms with Crippen LogP contribution < -0.4 is 0 Å². The van der Waals surface area contributed by atoms with Crippen molar-refractivity contribution >= 4 is 11.6 Å². The minimum Gasteiger partial charge on any atom is -0.375 e. The summed E-state index contributed by atoms with van der Waals surface area (Å²) in [5, 5.41) is 7.61. The molecule has 1 unspecified atom stereocenters. The summed E-state index contributed by atoms with van der Waals surface area (Å²) in [6, 6.07) is 0. The van der Waals surface area contributed by atoms with Gasteiger partial charge in [0.05, 0.1) is 0 Å². The molecule has 0 amide bonds. The average molecular weight is 109 g/mol. The van der Waals surface area contributed by atoms with E-state index in [1.165, 1.54) is 0 Å². The maximum atomic E-state index is 8.59. The van der Waals surface area contributed by atoms with Gasteiger partial charge in [-0.3, -0.25) is 0 Å². The third kappa shape index (κ3) is 4.25. The quantitative estimate of drug-likeness (QED) is 0.503. The number of alkyl halides is 1. The highest BCUT2D eigenvalue weighted by Gasteiger charge is 2.09. The largest absolute Gasteiger partial charge is 0.375 e. The molecule has 1 atom stereocenters. The summed E-state index contributed by atoms with van der Waals surface area (Å²) in [4.78, 5) is 0. The lowest BCUT2D eigenvalue weighted by atomic mass is 10.3. The van der Waals surface area contributed by atoms with Crippen LogP contribution in [0.4, 0.5) is 0 Å². The molecule has 1 nitrogen and oxygen atoms in total. The van der Waals surface area contributed by atoms with Crippen molar-refractivity contribution in [2.45, 2.75) is 25.3 Å². The lowest BCUT2D eigenvalue weighted by Gasteiger charge is -2.08. The van der Waals surface area contributed by atoms with Gasteiger partial charge in [-0.2, -0.15) is 0 Å². The first-order valence-corrected chi connectivity index (χ1v) is 2.35. The summed E-state index contributed by atoms with van der Waals surface area (Å²) < 4.78 is 0. The summed E-state index contributed by atoms with van der Waals surface area (Å²) in [6.07, 6.45) is 0.592. The normalized spacial score (nSPS) is 20.0. The van der Waals surface area contributed by atoms with Gasteiger partial charge < -0.3 is 5.11 Å². The molecule has 0 aromatic rings. The monoisotopic (exact) mass is 108 g/mol. The van der Waals surface area contributed by atoms with Crippen LogP contribution in [0.5, 0.6) is 0 Å². The molecule has 0 aliphatic heterocycles. The van der Waals surface area contributed by atoms with E-state index in [1.54, 1.807) is 6.92 Å². The fraction of sp³-hybridized carbons (Fsp3) is 1.00. The molecule has 0 rings (SSSR count). The Morgan fingerprint density at radius 3 is 2.00 bits per heavy atom. The highest BCUT2D eigenvalue weighted by atomic mass is 35.5. The zero-order chi connectivity index (χ0) is 5.21. The third-order valence-electron chi connectivity index (χ3n) is 0.645. The predicted molar refractivity (Wildman–Crippen MR) is 26.8 cm³/mol. The van der Waals surface area contributed by atoms with Crippen molar-refractivity contribution in [2.24, 2.45) is 0 Å². The Morgan fingerprint density at radius 1 is 1.83 bits per heavy atom. The zero-order valence-corrected chi connectivity index (χ0v) is 4.79. The molecule has 0 heterocycles. The van der Waals surface area contributed by atoms with Gasteiger partial charge in [0.1, 0.15) is 5.06 Å². The maximum Gasteiger partial charge on any atom is 0.135 e. The van der Waals surface area contributed by atoms with Crippen molar-refractivity contribution in [1.82, 2.24) is 0 Å². The van der Waals surface area contributed by atoms with Gasteiger partial charge in [-0.1, -0.05) is 18.5 Å². The smallest absolute Gasteiger partial charge is 0.135 e. The number of rotatable bonds is 1. The van der Waals surface area contributed by atoms with Gasteiger partial charge in [0.25, 0.3) is 0 Å². The minimum atomic E-state index is -0.986. The van der Waals surface area contributed by atoms with Crippen LogP contribution >= 0.6 is 11.6 Å². The molecule has 6 heavy (non-hydrogen) atoms. The van der Waals surface area contributed by atoms with Crippen molar-refractivity contribution in [2.75, 3.05) is 0 Å². The second kappa shape index (κ2) is 1.80. The number of hydrogen-bond donors (Lipinski definition) is 1. The van der Waals surface area contributed by atoms with Crippen LogP contribution in [0, 0.1) is 0 Å². The molecule has 0 saturated heterocycles. The van der Waals surface area contributed by atoms with Crippen LogP contribution in [-0.2, 0) is 0 Å². The Bertz CT molecular complexity index is 37.3. The van der Waals surface area contributed by atoms with Crippen LogP contribution in [0.2, 0.25) is 0 Å². The van der Waals surface area contributed by atoms with Gasteiger partial charge in [-0.25, -0.2) is 0 Å². The SMILES string of the molecule is CCC(C)(O)Cl. The first kappa shape index (κ1) is 6.25. The third-order valence-corrected chi connectivity index (χ3v) is 0.913. The van der Waals surface area contributed by atoms with Gasteiger partial charge in [0.2, 0.25) is 0 Å². The molecule has 0 aromatic heterocycles. The molecule has 0 aliphatic carbocycles. The highest BCUT2D eigenvalue weighted by molar-refractivity contribution is 6.22. The van der Waals surface area contributed by atoms with E-state index in [1.807, 2.05) is 6.92 Å². The van der Waals surface area contributed by atoms with Crippen molar-refractivity contribution in [1.29, 1.82) is 0 Å². The Labute approximate surface area is 42.9 Å². The summed E-state index contributed by atoms with van der Waals surface area (Å²) in [7, 11) is 0. The highest BCUT2D eigenvalue weighted by Crippen LogP contribution is 2.11. The molecule has 0 aromatic carbocycles. The Hall–Kier alpha value is 0.250. The Kier molecular flexibility index (Phi) is 1.88. The lowest BCUT2D eigenvalue weighted by Crippen LogP contribution is -2.11. The molecule has 0 saturated carbocycles. The first-order valence-electron chi connectivity index (χ1n) is 1.97. The van der Waals surface area contributed by atoms with Gasteiger partial charge in [-0.05, 0) is 13.3 Å². The molecule has 1 N–H and O–H groups in total. The molecule has 38 valence electrons. The van der Waals surface area contributed by atoms with Gasteiger partial charge in [0.15, 0.2) is 0 Å². The molecular weight excluding hydrogens is 99.5 g/mol. The predicted octanol–water partition coefficient (Wildman–Crippen LogP) is 1.34. The number of hydrogen-bond acceptors (Lipinski definition) is 1. The van der Waals surface area contributed by atoms with E-state index in [0.717, 1.165) is 0 Å². The fourth-order valence-electron chi connectivity index (χ4n) is 0. The molecule has 0 fully saturated rings. The summed E-state index contributed by atoms with van der Waals surface area (Å²) >= 11 is 5.27. The zero-order valence-electron chi connectivity index (χ0n) is 4.03. The van der Waals surface area contributed by atoms with Crippen molar-refractivity contribution in [3.63, 3.8) is 0 Å². The summed E-state index contributed by atoms with van der Waals surface area (Å²) in [6.45, 7) is 3.39. The van der Waals surface area contributed by atoms with E-state index in [4.69, 9.17) is 16.7 Å². The second-order valence-corrected chi connectivity index (χ2v) is 2.31. The molecule has 0 spiro atoms. The molecule has 0 bridgehead atoms. The lowest BCUT2D eigenvalue weighted by molar-refractivity contribution is 0.145. The molecule has 0 radical (unpaired) electrons. The topological polar surface area (TPSA) is 20.2 Å². The minimum absolute atomic E-state index is 0.592. The van der Waals surface area contributed by atoms with E-state index in [-0.39, 0.29) is 0 Å². The van der Waals surface area contributed by atoms with Crippen molar-refractivity contribution < 1.29 is 5.11 Å². The van der Waals surface area contributed by atoms with Crippen LogP contribution in [0.1, 0.15) is 20.3 Å². The Balaban J connectivity index is 3.17. The first-order chi connectivity index (χ1) is 2.56. The van der Waals surface area contributed by atoms with Crippen LogP contribution in [0.3, 0.4) is 0 Å². The van der Waals surface area contributed by atoms with Crippen LogP contribution in [0.15, 0.2) is 0 Å². The summed E-state index contributed by atoms with van der Waals surface area (Å²) in [5.41, 5.74) is 0. The molecular formula is C4H9ClO. The standard InChI is InChI=1S/C4H9ClO/c1-3-4(2,5)6/h6H,3H2,1-2H3. The van der Waals surface area contributed by atoms with Crippen molar-refractivity contribution in [3.8, 4) is 0 Å². The van der Waals surface area contributed by atoms with Crippen LogP contribution in [0.25, 0.3) is 0 Å². The van der Waals surface area contributed by atoms with E-state index < -0.39 is 5.06 Å². The molecule has 2 heteroatoms. The van der Waals surface area contributed by atoms with Gasteiger partial charge in [-0.15, -0.1) is 0 Å². The number of aliphatic hydroxyl groups is 1. The van der Waals surface area contributed by atoms with E-state index in [9.17, 15) is 0 Å².